The Morgan fingerprint density at radius 3 is 2.45 bits per heavy atom. The summed E-state index contributed by atoms with van der Waals surface area (Å²) < 4.78 is 0. The molecule has 0 saturated heterocycles. The van der Waals surface area contributed by atoms with Gasteiger partial charge < -0.3 is 10.6 Å². The molecule has 0 fully saturated rings. The number of H-pyrrole nitrogens is 2. The third kappa shape index (κ3) is 2.91. The van der Waals surface area contributed by atoms with Crippen molar-refractivity contribution in [1.82, 2.24) is 10.2 Å². The van der Waals surface area contributed by atoms with E-state index in [1.165, 1.54) is 0 Å². The van der Waals surface area contributed by atoms with Crippen LogP contribution in [0.3, 0.4) is 0 Å². The minimum absolute atomic E-state index is 0.268. The number of aromatic amines is 2. The van der Waals surface area contributed by atoms with E-state index in [4.69, 9.17) is 0 Å². The molecule has 0 aliphatic heterocycles. The van der Waals surface area contributed by atoms with Gasteiger partial charge in [0.2, 0.25) is 0 Å². The molecule has 2 rings (SSSR count). The quantitative estimate of drug-likeness (QED) is 0.652. The van der Waals surface area contributed by atoms with Crippen molar-refractivity contribution >= 4 is 16.5 Å². The van der Waals surface area contributed by atoms with Crippen molar-refractivity contribution in [3.05, 3.63) is 38.9 Å². The lowest BCUT2D eigenvalue weighted by Crippen LogP contribution is -2.50. The summed E-state index contributed by atoms with van der Waals surface area (Å²) in [6, 6.07) is 5.39. The third-order valence-electron chi connectivity index (χ3n) is 3.46. The van der Waals surface area contributed by atoms with Gasteiger partial charge in [0.15, 0.2) is 0 Å². The zero-order valence-electron chi connectivity index (χ0n) is 11.7. The minimum atomic E-state index is -0.272. The van der Waals surface area contributed by atoms with Crippen LogP contribution in [0.25, 0.3) is 10.8 Å². The lowest BCUT2D eigenvalue weighted by molar-refractivity contribution is -0.368. The fraction of sp³-hybridized carbons (Fsp3) is 0.429. The Bertz CT molecular complexity index is 689. The standard InChI is InChI=1S/C14H20N4O2/c1-2-18(8-4-3-7-15)10-5-6-11-12(9-10)14(20)17-16-13(11)19/h5-6,9H,2-4,7-8,15H2,1H3,(H,16,19)(H,17,20)/p+1. The Hall–Kier alpha value is -2.08. The molecule has 0 aliphatic carbocycles. The molecule has 0 unspecified atom stereocenters. The van der Waals surface area contributed by atoms with Gasteiger partial charge in [0, 0.05) is 18.8 Å². The molecular weight excluding hydrogens is 256 g/mol. The lowest BCUT2D eigenvalue weighted by atomic mass is 10.1. The Labute approximate surface area is 116 Å². The fourth-order valence-electron chi connectivity index (χ4n) is 2.31. The van der Waals surface area contributed by atoms with Gasteiger partial charge in [0.25, 0.3) is 11.1 Å². The summed E-state index contributed by atoms with van der Waals surface area (Å²) in [4.78, 5) is 25.7. The van der Waals surface area contributed by atoms with Gasteiger partial charge in [-0.15, -0.1) is 0 Å². The maximum atomic E-state index is 11.8. The predicted octanol–water partition coefficient (Wildman–Crippen LogP) is 0.0648. The van der Waals surface area contributed by atoms with E-state index >= 15 is 0 Å². The fourth-order valence-corrected chi connectivity index (χ4v) is 2.31. The third-order valence-corrected chi connectivity index (χ3v) is 3.46. The summed E-state index contributed by atoms with van der Waals surface area (Å²) in [5, 5.41) is 5.55. The molecule has 6 heteroatoms. The van der Waals surface area contributed by atoms with Crippen molar-refractivity contribution in [2.75, 3.05) is 24.5 Å². The van der Waals surface area contributed by atoms with E-state index in [0.29, 0.717) is 10.8 Å². The normalized spacial score (nSPS) is 10.9. The van der Waals surface area contributed by atoms with Crippen LogP contribution < -0.4 is 21.8 Å². The Morgan fingerprint density at radius 1 is 1.10 bits per heavy atom. The van der Waals surface area contributed by atoms with E-state index in [9.17, 15) is 9.59 Å². The number of rotatable bonds is 6. The lowest BCUT2D eigenvalue weighted by Gasteiger charge is -2.23. The molecule has 1 aromatic carbocycles. The molecule has 1 aromatic heterocycles. The van der Waals surface area contributed by atoms with Crippen molar-refractivity contribution in [3.8, 4) is 0 Å². The van der Waals surface area contributed by atoms with E-state index in [2.05, 4.69) is 27.8 Å². The Morgan fingerprint density at radius 2 is 1.80 bits per heavy atom. The maximum Gasteiger partial charge on any atom is 0.270 e. The number of unbranched alkanes of at least 4 members (excludes halogenated alkanes) is 1. The highest BCUT2D eigenvalue weighted by Gasteiger charge is 2.08. The molecule has 20 heavy (non-hydrogen) atoms. The molecule has 0 radical (unpaired) electrons. The molecule has 0 spiro atoms. The van der Waals surface area contributed by atoms with Crippen LogP contribution in [0.15, 0.2) is 27.8 Å². The molecule has 0 atom stereocenters. The van der Waals surface area contributed by atoms with Crippen LogP contribution >= 0.6 is 0 Å². The summed E-state index contributed by atoms with van der Waals surface area (Å²) in [5.41, 5.74) is 4.27. The van der Waals surface area contributed by atoms with Gasteiger partial charge in [-0.2, -0.15) is 0 Å². The molecule has 5 N–H and O–H groups in total. The zero-order chi connectivity index (χ0) is 14.5. The number of hydrogen-bond acceptors (Lipinski definition) is 3. The summed E-state index contributed by atoms with van der Waals surface area (Å²) in [7, 11) is 0. The zero-order valence-corrected chi connectivity index (χ0v) is 11.7. The van der Waals surface area contributed by atoms with Gasteiger partial charge in [-0.3, -0.25) is 19.8 Å². The number of fused-ring (bicyclic) bond motifs is 1. The molecular formula is C14H21N4O2+. The number of nitrogens with zero attached hydrogens (tertiary/aromatic N) is 1. The first-order valence-corrected chi connectivity index (χ1v) is 6.96. The van der Waals surface area contributed by atoms with E-state index in [0.717, 1.165) is 38.2 Å². The average Bonchev–Trinajstić information content (AvgIpc) is 2.47. The van der Waals surface area contributed by atoms with Crippen molar-refractivity contribution in [2.24, 2.45) is 0 Å². The summed E-state index contributed by atoms with van der Waals surface area (Å²) in [6.45, 7) is 4.81. The van der Waals surface area contributed by atoms with Gasteiger partial charge in [0.1, 0.15) is 0 Å². The second kappa shape index (κ2) is 6.38. The molecule has 0 aliphatic rings. The molecule has 1 heterocycles. The second-order valence-corrected chi connectivity index (χ2v) is 4.78. The minimum Gasteiger partial charge on any atom is -0.372 e. The topological polar surface area (TPSA) is 96.6 Å². The number of hydrogen-bond donors (Lipinski definition) is 3. The summed E-state index contributed by atoms with van der Waals surface area (Å²) in [6.07, 6.45) is 2.16. The molecule has 6 nitrogen and oxygen atoms in total. The van der Waals surface area contributed by atoms with Crippen molar-refractivity contribution in [1.29, 1.82) is 0 Å². The smallest absolute Gasteiger partial charge is 0.270 e. The van der Waals surface area contributed by atoms with E-state index in [-0.39, 0.29) is 11.1 Å². The van der Waals surface area contributed by atoms with Gasteiger partial charge in [-0.25, -0.2) is 0 Å². The average molecular weight is 277 g/mol. The highest BCUT2D eigenvalue weighted by Crippen LogP contribution is 2.18. The van der Waals surface area contributed by atoms with Crippen LogP contribution in [0.2, 0.25) is 0 Å². The van der Waals surface area contributed by atoms with Crippen LogP contribution in [-0.2, 0) is 0 Å². The first-order valence-electron chi connectivity index (χ1n) is 6.96. The van der Waals surface area contributed by atoms with Gasteiger partial charge >= 0.3 is 0 Å². The van der Waals surface area contributed by atoms with Crippen LogP contribution in [-0.4, -0.2) is 29.8 Å². The number of quaternary nitrogens is 1. The first kappa shape index (κ1) is 14.3. The number of nitrogens with one attached hydrogen (secondary N) is 2. The molecule has 108 valence electrons. The molecule has 0 amide bonds. The van der Waals surface area contributed by atoms with E-state index in [1.54, 1.807) is 12.1 Å². The van der Waals surface area contributed by atoms with Crippen LogP contribution in [0, 0.1) is 0 Å². The number of benzene rings is 1. The van der Waals surface area contributed by atoms with Crippen molar-refractivity contribution < 1.29 is 5.73 Å². The highest BCUT2D eigenvalue weighted by atomic mass is 16.1. The van der Waals surface area contributed by atoms with Gasteiger partial charge in [0.05, 0.1) is 17.3 Å². The van der Waals surface area contributed by atoms with Gasteiger partial charge in [-0.1, -0.05) is 0 Å². The van der Waals surface area contributed by atoms with Crippen LogP contribution in [0.4, 0.5) is 5.69 Å². The summed E-state index contributed by atoms with van der Waals surface area (Å²) >= 11 is 0. The Balaban J connectivity index is 2.37. The van der Waals surface area contributed by atoms with E-state index < -0.39 is 0 Å². The SMILES string of the molecule is CCN(CCCC[NH3+])c1ccc2c(=O)[nH][nH]c(=O)c2c1. The summed E-state index contributed by atoms with van der Waals surface area (Å²) in [5.74, 6) is 0. The van der Waals surface area contributed by atoms with Crippen molar-refractivity contribution in [2.45, 2.75) is 19.8 Å². The number of aromatic nitrogens is 2. The predicted molar refractivity (Wildman–Crippen MR) is 80.1 cm³/mol. The maximum absolute atomic E-state index is 11.8. The largest absolute Gasteiger partial charge is 0.372 e. The number of anilines is 1. The molecule has 0 saturated carbocycles. The van der Waals surface area contributed by atoms with Crippen molar-refractivity contribution in [3.63, 3.8) is 0 Å². The molecule has 2 aromatic rings. The van der Waals surface area contributed by atoms with Crippen LogP contribution in [0.5, 0.6) is 0 Å². The first-order chi connectivity index (χ1) is 9.67. The second-order valence-electron chi connectivity index (χ2n) is 4.78. The van der Waals surface area contributed by atoms with E-state index in [1.807, 2.05) is 6.07 Å². The monoisotopic (exact) mass is 277 g/mol. The Kier molecular flexibility index (Phi) is 4.57. The highest BCUT2D eigenvalue weighted by molar-refractivity contribution is 5.84. The van der Waals surface area contributed by atoms with Crippen LogP contribution in [0.1, 0.15) is 19.8 Å². The van der Waals surface area contributed by atoms with Gasteiger partial charge in [-0.05, 0) is 38.0 Å². The molecule has 0 bridgehead atoms.